The van der Waals surface area contributed by atoms with Crippen LogP contribution >= 0.6 is 0 Å². The Morgan fingerprint density at radius 1 is 1.09 bits per heavy atom. The van der Waals surface area contributed by atoms with Crippen molar-refractivity contribution in [1.29, 1.82) is 0 Å². The predicted octanol–water partition coefficient (Wildman–Crippen LogP) is 3.33. The zero-order valence-corrected chi connectivity index (χ0v) is 13.7. The normalized spacial score (nSPS) is 14.3. The summed E-state index contributed by atoms with van der Waals surface area (Å²) < 4.78 is 0. The van der Waals surface area contributed by atoms with Crippen molar-refractivity contribution in [2.24, 2.45) is 0 Å². The molecule has 5 nitrogen and oxygen atoms in total. The zero-order chi connectivity index (χ0) is 17.3. The van der Waals surface area contributed by atoms with Crippen LogP contribution in [0.3, 0.4) is 0 Å². The van der Waals surface area contributed by atoms with Gasteiger partial charge in [0.15, 0.2) is 5.54 Å². The van der Waals surface area contributed by atoms with E-state index in [1.807, 2.05) is 30.3 Å². The Labute approximate surface area is 135 Å². The molecule has 5 heteroatoms. The van der Waals surface area contributed by atoms with E-state index in [9.17, 15) is 14.7 Å². The van der Waals surface area contributed by atoms with Gasteiger partial charge in [0.1, 0.15) is 0 Å². The molecule has 122 valence electrons. The van der Waals surface area contributed by atoms with Crippen molar-refractivity contribution in [2.75, 3.05) is 0 Å². The van der Waals surface area contributed by atoms with Crippen LogP contribution in [0.5, 0.6) is 0 Å². The number of rotatable bonds is 5. The van der Waals surface area contributed by atoms with Crippen molar-refractivity contribution in [3.63, 3.8) is 0 Å². The molecule has 0 fully saturated rings. The number of aliphatic carboxylic acids is 1. The van der Waals surface area contributed by atoms with E-state index in [0.29, 0.717) is 12.0 Å². The Morgan fingerprint density at radius 2 is 1.70 bits per heavy atom. The molecular formula is C18H21NO4. The number of amides is 1. The highest BCUT2D eigenvalue weighted by molar-refractivity contribution is 5.87. The number of hydrogen-bond acceptors (Lipinski definition) is 3. The molecule has 1 amide bonds. The topological polar surface area (TPSA) is 66.8 Å². The maximum atomic E-state index is 12.0. The van der Waals surface area contributed by atoms with Crippen LogP contribution < -0.4 is 0 Å². The van der Waals surface area contributed by atoms with Gasteiger partial charge < -0.3 is 5.11 Å². The Morgan fingerprint density at radius 3 is 2.22 bits per heavy atom. The van der Waals surface area contributed by atoms with Gasteiger partial charge in [-0.2, -0.15) is 0 Å². The van der Waals surface area contributed by atoms with Crippen LogP contribution in [0.4, 0.5) is 0 Å². The summed E-state index contributed by atoms with van der Waals surface area (Å²) in [6.07, 6.45) is 0.411. The second-order valence-corrected chi connectivity index (χ2v) is 6.57. The van der Waals surface area contributed by atoms with E-state index in [-0.39, 0.29) is 0 Å². The smallest absolute Gasteiger partial charge is 0.336 e. The second kappa shape index (κ2) is 6.01. The quantitative estimate of drug-likeness (QED) is 0.679. The first-order valence-electron chi connectivity index (χ1n) is 7.35. The third-order valence-corrected chi connectivity index (χ3v) is 3.64. The van der Waals surface area contributed by atoms with Crippen LogP contribution in [0.2, 0.25) is 0 Å². The summed E-state index contributed by atoms with van der Waals surface area (Å²) in [6, 6.07) is 13.0. The molecule has 0 spiro atoms. The highest BCUT2D eigenvalue weighted by atomic mass is 16.7. The van der Waals surface area contributed by atoms with Crippen molar-refractivity contribution in [2.45, 2.75) is 38.8 Å². The van der Waals surface area contributed by atoms with Crippen molar-refractivity contribution < 1.29 is 19.5 Å². The van der Waals surface area contributed by atoms with E-state index in [0.717, 1.165) is 15.8 Å². The molecule has 0 aliphatic heterocycles. The lowest BCUT2D eigenvalue weighted by Crippen LogP contribution is -2.51. The van der Waals surface area contributed by atoms with Crippen LogP contribution in [0.25, 0.3) is 10.8 Å². The van der Waals surface area contributed by atoms with Crippen molar-refractivity contribution in [1.82, 2.24) is 5.06 Å². The summed E-state index contributed by atoms with van der Waals surface area (Å²) in [7, 11) is 0. The SMILES string of the molecule is CC(C)(C)ON(C=O)[C@](C)(C(=O)O)c1ccc2ccccc2c1. The van der Waals surface area contributed by atoms with Gasteiger partial charge in [-0.25, -0.2) is 9.86 Å². The van der Waals surface area contributed by atoms with Gasteiger partial charge in [0.2, 0.25) is 6.41 Å². The minimum absolute atomic E-state index is 0.411. The fourth-order valence-corrected chi connectivity index (χ4v) is 2.35. The summed E-state index contributed by atoms with van der Waals surface area (Å²) >= 11 is 0. The maximum absolute atomic E-state index is 12.0. The second-order valence-electron chi connectivity index (χ2n) is 6.57. The molecule has 0 saturated heterocycles. The monoisotopic (exact) mass is 315 g/mol. The number of carboxylic acids is 1. The molecule has 1 N–H and O–H groups in total. The number of nitrogens with zero attached hydrogens (tertiary/aromatic N) is 1. The third kappa shape index (κ3) is 3.35. The van der Waals surface area contributed by atoms with Crippen LogP contribution in [0.15, 0.2) is 42.5 Å². The molecule has 0 radical (unpaired) electrons. The first kappa shape index (κ1) is 17.0. The highest BCUT2D eigenvalue weighted by Gasteiger charge is 2.44. The average molecular weight is 315 g/mol. The van der Waals surface area contributed by atoms with Gasteiger partial charge in [-0.15, -0.1) is 0 Å². The van der Waals surface area contributed by atoms with E-state index in [2.05, 4.69) is 0 Å². The van der Waals surface area contributed by atoms with Crippen LogP contribution in [0.1, 0.15) is 33.3 Å². The largest absolute Gasteiger partial charge is 0.479 e. The minimum atomic E-state index is -1.63. The first-order valence-corrected chi connectivity index (χ1v) is 7.35. The average Bonchev–Trinajstić information content (AvgIpc) is 2.50. The van der Waals surface area contributed by atoms with Crippen molar-refractivity contribution >= 4 is 23.2 Å². The van der Waals surface area contributed by atoms with Gasteiger partial charge in [0, 0.05) is 0 Å². The van der Waals surface area contributed by atoms with Crippen molar-refractivity contribution in [3.8, 4) is 0 Å². The molecule has 0 heterocycles. The molecule has 2 aromatic rings. The van der Waals surface area contributed by atoms with E-state index in [1.165, 1.54) is 6.92 Å². The molecular weight excluding hydrogens is 294 g/mol. The lowest BCUT2D eigenvalue weighted by atomic mass is 9.90. The standard InChI is InChI=1S/C18H21NO4/c1-17(2,3)23-19(12-20)18(4,16(21)22)15-10-9-13-7-5-6-8-14(13)11-15/h5-12H,1-4H3,(H,21,22)/t18-/m0/s1. The molecule has 0 aromatic heterocycles. The van der Waals surface area contributed by atoms with Gasteiger partial charge >= 0.3 is 5.97 Å². The van der Waals surface area contributed by atoms with Gasteiger partial charge in [-0.05, 0) is 50.1 Å². The Kier molecular flexibility index (Phi) is 4.43. The Bertz CT molecular complexity index is 735. The lowest BCUT2D eigenvalue weighted by Gasteiger charge is -2.38. The molecule has 0 unspecified atom stereocenters. The number of fused-ring (bicyclic) bond motifs is 1. The molecule has 23 heavy (non-hydrogen) atoms. The number of carbonyl (C=O) groups excluding carboxylic acids is 1. The molecule has 2 aromatic carbocycles. The van der Waals surface area contributed by atoms with E-state index in [1.54, 1.807) is 32.9 Å². The summed E-state index contributed by atoms with van der Waals surface area (Å²) in [5.41, 5.74) is -1.85. The van der Waals surface area contributed by atoms with Gasteiger partial charge in [-0.3, -0.25) is 9.63 Å². The fraction of sp³-hybridized carbons (Fsp3) is 0.333. The summed E-state index contributed by atoms with van der Waals surface area (Å²) in [5, 5.41) is 12.6. The van der Waals surface area contributed by atoms with Gasteiger partial charge in [0.25, 0.3) is 0 Å². The number of hydrogen-bond donors (Lipinski definition) is 1. The molecule has 2 rings (SSSR count). The van der Waals surface area contributed by atoms with Crippen LogP contribution in [-0.4, -0.2) is 28.2 Å². The van der Waals surface area contributed by atoms with Gasteiger partial charge in [0.05, 0.1) is 5.60 Å². The van der Waals surface area contributed by atoms with E-state index >= 15 is 0 Å². The molecule has 0 aliphatic rings. The molecule has 0 saturated carbocycles. The van der Waals surface area contributed by atoms with Gasteiger partial charge in [-0.1, -0.05) is 36.4 Å². The zero-order valence-electron chi connectivity index (χ0n) is 13.7. The van der Waals surface area contributed by atoms with Crippen LogP contribution in [-0.2, 0) is 20.0 Å². The first-order chi connectivity index (χ1) is 10.7. The van der Waals surface area contributed by atoms with E-state index in [4.69, 9.17) is 4.84 Å². The molecule has 0 aliphatic carbocycles. The van der Waals surface area contributed by atoms with Crippen LogP contribution in [0, 0.1) is 0 Å². The maximum Gasteiger partial charge on any atom is 0.336 e. The lowest BCUT2D eigenvalue weighted by molar-refractivity contribution is -0.256. The summed E-state index contributed by atoms with van der Waals surface area (Å²) in [5.74, 6) is -1.16. The molecule has 0 bridgehead atoms. The van der Waals surface area contributed by atoms with E-state index < -0.39 is 17.1 Å². The number of carboxylic acid groups (broad SMARTS) is 1. The Hall–Kier alpha value is -2.40. The van der Waals surface area contributed by atoms with Crippen molar-refractivity contribution in [3.05, 3.63) is 48.0 Å². The fourth-order valence-electron chi connectivity index (χ4n) is 2.35. The summed E-state index contributed by atoms with van der Waals surface area (Å²) in [6.45, 7) is 6.73. The minimum Gasteiger partial charge on any atom is -0.479 e. The number of benzene rings is 2. The molecule has 1 atom stereocenters. The third-order valence-electron chi connectivity index (χ3n) is 3.64. The predicted molar refractivity (Wildman–Crippen MR) is 87.7 cm³/mol. The Balaban J connectivity index is 2.57. The number of carbonyl (C=O) groups is 2. The number of hydroxylamine groups is 2. The summed E-state index contributed by atoms with van der Waals surface area (Å²) in [4.78, 5) is 29.0. The highest BCUT2D eigenvalue weighted by Crippen LogP contribution is 2.32.